The Hall–Kier alpha value is -1.28. The topological polar surface area (TPSA) is 21.3 Å². The van der Waals surface area contributed by atoms with Crippen LogP contribution in [-0.2, 0) is 11.2 Å². The molecular formula is C15H21NO. The second-order valence-electron chi connectivity index (χ2n) is 4.70. The molecule has 1 heterocycles. The first-order chi connectivity index (χ1) is 8.29. The first-order valence-electron chi connectivity index (χ1n) is 6.33. The maximum Gasteiger partial charge on any atom is 0.0876 e. The van der Waals surface area contributed by atoms with Gasteiger partial charge < -0.3 is 10.1 Å². The van der Waals surface area contributed by atoms with Crippen LogP contribution in [0.3, 0.4) is 0 Å². The Morgan fingerprint density at radius 1 is 1.41 bits per heavy atom. The fraction of sp³-hybridized carbons (Fsp3) is 0.467. The summed E-state index contributed by atoms with van der Waals surface area (Å²) in [6.07, 6.45) is 5.27. The van der Waals surface area contributed by atoms with E-state index in [4.69, 9.17) is 4.74 Å². The summed E-state index contributed by atoms with van der Waals surface area (Å²) in [5.74, 6) is 0. The predicted molar refractivity (Wildman–Crippen MR) is 71.0 cm³/mol. The molecule has 92 valence electrons. The first-order valence-corrected chi connectivity index (χ1v) is 6.33. The highest BCUT2D eigenvalue weighted by Crippen LogP contribution is 2.19. The third-order valence-corrected chi connectivity index (χ3v) is 3.28. The summed E-state index contributed by atoms with van der Waals surface area (Å²) >= 11 is 0. The van der Waals surface area contributed by atoms with Crippen molar-refractivity contribution in [2.45, 2.75) is 32.2 Å². The summed E-state index contributed by atoms with van der Waals surface area (Å²) in [5.41, 5.74) is 4.10. The van der Waals surface area contributed by atoms with Gasteiger partial charge in [-0.15, -0.1) is 0 Å². The number of nitrogens with one attached hydrogen (secondary N) is 1. The van der Waals surface area contributed by atoms with Crippen molar-refractivity contribution in [2.75, 3.05) is 13.7 Å². The third kappa shape index (κ3) is 3.34. The molecular weight excluding hydrogens is 210 g/mol. The van der Waals surface area contributed by atoms with Crippen molar-refractivity contribution in [3.8, 4) is 0 Å². The second-order valence-corrected chi connectivity index (χ2v) is 4.70. The van der Waals surface area contributed by atoms with Crippen molar-refractivity contribution >= 4 is 0 Å². The van der Waals surface area contributed by atoms with Crippen LogP contribution in [0.15, 0.2) is 36.1 Å². The highest BCUT2D eigenvalue weighted by atomic mass is 16.5. The van der Waals surface area contributed by atoms with Gasteiger partial charge in [0, 0.05) is 6.04 Å². The van der Waals surface area contributed by atoms with Gasteiger partial charge in [0.1, 0.15) is 0 Å². The fourth-order valence-corrected chi connectivity index (χ4v) is 2.33. The van der Waals surface area contributed by atoms with Crippen LogP contribution in [0.1, 0.15) is 24.0 Å². The maximum atomic E-state index is 5.42. The molecule has 1 N–H and O–H groups in total. The molecule has 1 aliphatic heterocycles. The van der Waals surface area contributed by atoms with E-state index in [9.17, 15) is 0 Å². The van der Waals surface area contributed by atoms with E-state index in [1.807, 2.05) is 13.3 Å². The molecule has 1 atom stereocenters. The van der Waals surface area contributed by atoms with E-state index in [2.05, 4.69) is 36.5 Å². The third-order valence-electron chi connectivity index (χ3n) is 3.28. The zero-order valence-corrected chi connectivity index (χ0v) is 10.7. The molecule has 1 aromatic rings. The molecule has 0 radical (unpaired) electrons. The molecule has 2 nitrogen and oxygen atoms in total. The second kappa shape index (κ2) is 5.87. The summed E-state index contributed by atoms with van der Waals surface area (Å²) in [4.78, 5) is 0. The highest BCUT2D eigenvalue weighted by molar-refractivity contribution is 5.25. The van der Waals surface area contributed by atoms with Crippen LogP contribution in [0, 0.1) is 6.92 Å². The molecule has 2 heteroatoms. The number of benzene rings is 1. The number of rotatable bonds is 4. The Labute approximate surface area is 104 Å². The SMILES string of the molecule is CNC(Cc1cccc(C)c1)C1=COCCC1. The van der Waals surface area contributed by atoms with E-state index in [0.29, 0.717) is 6.04 Å². The van der Waals surface area contributed by atoms with Gasteiger partial charge in [0.05, 0.1) is 12.9 Å². The van der Waals surface area contributed by atoms with E-state index in [-0.39, 0.29) is 0 Å². The molecule has 1 aromatic carbocycles. The van der Waals surface area contributed by atoms with E-state index >= 15 is 0 Å². The maximum absolute atomic E-state index is 5.42. The lowest BCUT2D eigenvalue weighted by Gasteiger charge is -2.23. The molecule has 0 aliphatic carbocycles. The van der Waals surface area contributed by atoms with Gasteiger partial charge in [-0.25, -0.2) is 0 Å². The minimum absolute atomic E-state index is 0.400. The quantitative estimate of drug-likeness (QED) is 0.860. The van der Waals surface area contributed by atoms with Gasteiger partial charge in [-0.05, 0) is 44.4 Å². The van der Waals surface area contributed by atoms with Crippen LogP contribution in [-0.4, -0.2) is 19.7 Å². The average molecular weight is 231 g/mol. The molecule has 0 aromatic heterocycles. The molecule has 0 saturated carbocycles. The predicted octanol–water partition coefficient (Wildman–Crippen LogP) is 2.82. The van der Waals surface area contributed by atoms with Crippen LogP contribution in [0.5, 0.6) is 0 Å². The standard InChI is InChI=1S/C15H21NO/c1-12-5-3-6-13(9-12)10-15(16-2)14-7-4-8-17-11-14/h3,5-6,9,11,15-16H,4,7-8,10H2,1-2H3. The lowest BCUT2D eigenvalue weighted by molar-refractivity contribution is 0.219. The molecule has 17 heavy (non-hydrogen) atoms. The van der Waals surface area contributed by atoms with Gasteiger partial charge in [-0.3, -0.25) is 0 Å². The Balaban J connectivity index is 2.06. The molecule has 0 fully saturated rings. The lowest BCUT2D eigenvalue weighted by Crippen LogP contribution is -2.31. The number of likely N-dealkylation sites (N-methyl/N-ethyl adjacent to an activating group) is 1. The van der Waals surface area contributed by atoms with Gasteiger partial charge in [0.15, 0.2) is 0 Å². The van der Waals surface area contributed by atoms with Crippen LogP contribution in [0.2, 0.25) is 0 Å². The van der Waals surface area contributed by atoms with E-state index in [1.54, 1.807) is 0 Å². The molecule has 0 bridgehead atoms. The van der Waals surface area contributed by atoms with E-state index < -0.39 is 0 Å². The van der Waals surface area contributed by atoms with Crippen molar-refractivity contribution in [2.24, 2.45) is 0 Å². The summed E-state index contributed by atoms with van der Waals surface area (Å²) < 4.78 is 5.42. The number of ether oxygens (including phenoxy) is 1. The number of hydrogen-bond acceptors (Lipinski definition) is 2. The van der Waals surface area contributed by atoms with Gasteiger partial charge in [0.2, 0.25) is 0 Å². The molecule has 0 amide bonds. The fourth-order valence-electron chi connectivity index (χ4n) is 2.33. The lowest BCUT2D eigenvalue weighted by atomic mass is 9.95. The highest BCUT2D eigenvalue weighted by Gasteiger charge is 2.15. The Morgan fingerprint density at radius 2 is 2.29 bits per heavy atom. The van der Waals surface area contributed by atoms with Crippen LogP contribution in [0.25, 0.3) is 0 Å². The van der Waals surface area contributed by atoms with Gasteiger partial charge in [-0.2, -0.15) is 0 Å². The van der Waals surface area contributed by atoms with Crippen LogP contribution >= 0.6 is 0 Å². The van der Waals surface area contributed by atoms with Crippen LogP contribution < -0.4 is 5.32 Å². The zero-order valence-electron chi connectivity index (χ0n) is 10.7. The molecule has 1 aliphatic rings. The molecule has 0 spiro atoms. The van der Waals surface area contributed by atoms with Crippen molar-refractivity contribution in [3.05, 3.63) is 47.2 Å². The van der Waals surface area contributed by atoms with Crippen molar-refractivity contribution in [1.82, 2.24) is 5.32 Å². The Kier molecular flexibility index (Phi) is 4.21. The Morgan fingerprint density at radius 3 is 2.94 bits per heavy atom. The van der Waals surface area contributed by atoms with Gasteiger partial charge in [-0.1, -0.05) is 29.8 Å². The number of aryl methyl sites for hydroxylation is 1. The first kappa shape index (κ1) is 12.2. The largest absolute Gasteiger partial charge is 0.501 e. The summed E-state index contributed by atoms with van der Waals surface area (Å²) in [6, 6.07) is 9.12. The molecule has 0 saturated heterocycles. The zero-order chi connectivity index (χ0) is 12.1. The van der Waals surface area contributed by atoms with Crippen LogP contribution in [0.4, 0.5) is 0 Å². The molecule has 2 rings (SSSR count). The van der Waals surface area contributed by atoms with Gasteiger partial charge >= 0.3 is 0 Å². The normalized spacial score (nSPS) is 17.2. The van der Waals surface area contributed by atoms with Gasteiger partial charge in [0.25, 0.3) is 0 Å². The Bertz CT molecular complexity index is 398. The van der Waals surface area contributed by atoms with Crippen molar-refractivity contribution in [1.29, 1.82) is 0 Å². The number of hydrogen-bond donors (Lipinski definition) is 1. The summed E-state index contributed by atoms with van der Waals surface area (Å²) in [5, 5.41) is 3.39. The summed E-state index contributed by atoms with van der Waals surface area (Å²) in [6.45, 7) is 3.01. The van der Waals surface area contributed by atoms with E-state index in [1.165, 1.54) is 16.7 Å². The minimum atomic E-state index is 0.400. The smallest absolute Gasteiger partial charge is 0.0876 e. The summed E-state index contributed by atoms with van der Waals surface area (Å²) in [7, 11) is 2.02. The van der Waals surface area contributed by atoms with Crippen molar-refractivity contribution < 1.29 is 4.74 Å². The molecule has 1 unspecified atom stereocenters. The average Bonchev–Trinajstić information content (AvgIpc) is 2.37. The monoisotopic (exact) mass is 231 g/mol. The van der Waals surface area contributed by atoms with Crippen molar-refractivity contribution in [3.63, 3.8) is 0 Å². The minimum Gasteiger partial charge on any atom is -0.501 e. The van der Waals surface area contributed by atoms with E-state index in [0.717, 1.165) is 25.9 Å².